The third-order valence-electron chi connectivity index (χ3n) is 4.34. The van der Waals surface area contributed by atoms with Gasteiger partial charge in [-0.25, -0.2) is 0 Å². The van der Waals surface area contributed by atoms with E-state index < -0.39 is 0 Å². The lowest BCUT2D eigenvalue weighted by Crippen LogP contribution is -1.98. The molecule has 1 aliphatic rings. The molecule has 130 valence electrons. The molecule has 0 amide bonds. The normalized spacial score (nSPS) is 14.5. The molecule has 2 aromatic carbocycles. The Labute approximate surface area is 152 Å². The molecule has 0 spiro atoms. The molecule has 3 aromatic rings. The van der Waals surface area contributed by atoms with Crippen LogP contribution < -0.4 is 9.47 Å². The zero-order valence-electron chi connectivity index (χ0n) is 14.8. The number of para-hydroxylation sites is 1. The number of rotatable bonds is 4. The number of ether oxygens (including phenoxy) is 2. The molecule has 0 bridgehead atoms. The van der Waals surface area contributed by atoms with Gasteiger partial charge in [0.05, 0.1) is 5.56 Å². The Hall–Kier alpha value is -3.27. The summed E-state index contributed by atoms with van der Waals surface area (Å²) in [6.45, 7) is 6.16. The first-order chi connectivity index (χ1) is 12.5. The number of carbonyl (C=O) groups excluding carboxylic acids is 1. The van der Waals surface area contributed by atoms with Gasteiger partial charge in [-0.15, -0.1) is 0 Å². The lowest BCUT2D eigenvalue weighted by atomic mass is 10.1. The molecule has 2 heterocycles. The van der Waals surface area contributed by atoms with E-state index in [1.54, 1.807) is 24.3 Å². The Bertz CT molecular complexity index is 1070. The molecule has 0 fully saturated rings. The molecule has 0 radical (unpaired) electrons. The van der Waals surface area contributed by atoms with Crippen molar-refractivity contribution in [3.05, 3.63) is 77.7 Å². The standard InChI is InChI=1S/C22H19NO3/c1-14(2)13-25-16-8-9-18-20(11-16)26-21(22(18)24)10-15-12-23(3)19-7-5-4-6-17(15)19/h4-12H,1,13H2,2-3H3/b21-10+. The zero-order valence-corrected chi connectivity index (χ0v) is 14.8. The molecule has 1 aromatic heterocycles. The van der Waals surface area contributed by atoms with Gasteiger partial charge in [0.1, 0.15) is 18.1 Å². The summed E-state index contributed by atoms with van der Waals surface area (Å²) >= 11 is 0. The van der Waals surface area contributed by atoms with Gasteiger partial charge in [0, 0.05) is 35.8 Å². The lowest BCUT2D eigenvalue weighted by molar-refractivity contribution is 0.101. The maximum absolute atomic E-state index is 12.7. The molecular weight excluding hydrogens is 326 g/mol. The summed E-state index contributed by atoms with van der Waals surface area (Å²) in [5.74, 6) is 1.40. The second-order valence-corrected chi connectivity index (χ2v) is 6.56. The van der Waals surface area contributed by atoms with Gasteiger partial charge < -0.3 is 14.0 Å². The quantitative estimate of drug-likeness (QED) is 0.506. The monoisotopic (exact) mass is 345 g/mol. The third kappa shape index (κ3) is 2.80. The van der Waals surface area contributed by atoms with Gasteiger partial charge >= 0.3 is 0 Å². The van der Waals surface area contributed by atoms with Gasteiger partial charge in [0.25, 0.3) is 0 Å². The topological polar surface area (TPSA) is 40.5 Å². The molecule has 4 nitrogen and oxygen atoms in total. The van der Waals surface area contributed by atoms with Gasteiger partial charge in [-0.1, -0.05) is 24.8 Å². The second-order valence-electron chi connectivity index (χ2n) is 6.56. The fraction of sp³-hybridized carbons (Fsp3) is 0.136. The van der Waals surface area contributed by atoms with E-state index in [2.05, 4.69) is 12.6 Å². The average Bonchev–Trinajstić information content (AvgIpc) is 3.11. The van der Waals surface area contributed by atoms with Crippen molar-refractivity contribution in [1.82, 2.24) is 4.57 Å². The highest BCUT2D eigenvalue weighted by atomic mass is 16.5. The van der Waals surface area contributed by atoms with Gasteiger partial charge in [-0.2, -0.15) is 0 Å². The van der Waals surface area contributed by atoms with E-state index in [0.717, 1.165) is 22.0 Å². The number of fused-ring (bicyclic) bond motifs is 2. The molecule has 0 saturated heterocycles. The van der Waals surface area contributed by atoms with Crippen molar-refractivity contribution in [3.8, 4) is 11.5 Å². The van der Waals surface area contributed by atoms with Crippen molar-refractivity contribution in [2.75, 3.05) is 6.61 Å². The largest absolute Gasteiger partial charge is 0.489 e. The van der Waals surface area contributed by atoms with Crippen LogP contribution in [0.3, 0.4) is 0 Å². The molecule has 0 N–H and O–H groups in total. The molecule has 4 heteroatoms. The van der Waals surface area contributed by atoms with Crippen LogP contribution in [0.4, 0.5) is 0 Å². The highest BCUT2D eigenvalue weighted by molar-refractivity contribution is 6.15. The fourth-order valence-corrected chi connectivity index (χ4v) is 3.09. The van der Waals surface area contributed by atoms with Crippen molar-refractivity contribution in [1.29, 1.82) is 0 Å². The maximum atomic E-state index is 12.7. The van der Waals surface area contributed by atoms with Crippen molar-refractivity contribution in [3.63, 3.8) is 0 Å². The van der Waals surface area contributed by atoms with Crippen molar-refractivity contribution in [2.45, 2.75) is 6.92 Å². The van der Waals surface area contributed by atoms with E-state index in [1.807, 2.05) is 42.9 Å². The van der Waals surface area contributed by atoms with Gasteiger partial charge in [0.15, 0.2) is 5.76 Å². The molecule has 4 rings (SSSR count). The van der Waals surface area contributed by atoms with E-state index in [9.17, 15) is 4.79 Å². The zero-order chi connectivity index (χ0) is 18.3. The number of ketones is 1. The minimum atomic E-state index is -0.112. The third-order valence-corrected chi connectivity index (χ3v) is 4.34. The summed E-state index contributed by atoms with van der Waals surface area (Å²) in [4.78, 5) is 12.7. The lowest BCUT2D eigenvalue weighted by Gasteiger charge is -2.06. The van der Waals surface area contributed by atoms with Crippen LogP contribution in [0.15, 0.2) is 66.6 Å². The Balaban J connectivity index is 1.67. The minimum absolute atomic E-state index is 0.112. The summed E-state index contributed by atoms with van der Waals surface area (Å²) in [5.41, 5.74) is 3.55. The van der Waals surface area contributed by atoms with Crippen molar-refractivity contribution in [2.24, 2.45) is 7.05 Å². The van der Waals surface area contributed by atoms with Crippen LogP contribution in [0.2, 0.25) is 0 Å². The SMILES string of the molecule is C=C(C)COc1ccc2c(c1)O/C(=C/c1cn(C)c3ccccc13)C2=O. The molecule has 0 unspecified atom stereocenters. The molecule has 0 saturated carbocycles. The van der Waals surface area contributed by atoms with E-state index in [4.69, 9.17) is 9.47 Å². The first-order valence-corrected chi connectivity index (χ1v) is 8.42. The van der Waals surface area contributed by atoms with Crippen LogP contribution >= 0.6 is 0 Å². The van der Waals surface area contributed by atoms with E-state index >= 15 is 0 Å². The number of aryl methyl sites for hydroxylation is 1. The first kappa shape index (κ1) is 16.2. The van der Waals surface area contributed by atoms with E-state index in [-0.39, 0.29) is 5.78 Å². The first-order valence-electron chi connectivity index (χ1n) is 8.42. The number of benzene rings is 2. The minimum Gasteiger partial charge on any atom is -0.489 e. The maximum Gasteiger partial charge on any atom is 0.231 e. The highest BCUT2D eigenvalue weighted by Crippen LogP contribution is 2.35. The molecule has 1 aliphatic heterocycles. The Morgan fingerprint density at radius 1 is 1.27 bits per heavy atom. The smallest absolute Gasteiger partial charge is 0.231 e. The Kier molecular flexibility index (Phi) is 3.88. The van der Waals surface area contributed by atoms with Gasteiger partial charge in [-0.05, 0) is 36.8 Å². The molecule has 26 heavy (non-hydrogen) atoms. The summed E-state index contributed by atoms with van der Waals surface area (Å²) < 4.78 is 13.5. The Morgan fingerprint density at radius 2 is 2.08 bits per heavy atom. The fourth-order valence-electron chi connectivity index (χ4n) is 3.09. The molecule has 0 aliphatic carbocycles. The van der Waals surface area contributed by atoms with Crippen LogP contribution in [0.1, 0.15) is 22.8 Å². The number of nitrogens with zero attached hydrogens (tertiary/aromatic N) is 1. The second kappa shape index (κ2) is 6.23. The van der Waals surface area contributed by atoms with Crippen molar-refractivity contribution >= 4 is 22.8 Å². The molecule has 0 atom stereocenters. The van der Waals surface area contributed by atoms with Crippen LogP contribution in [-0.4, -0.2) is 17.0 Å². The van der Waals surface area contributed by atoms with E-state index in [0.29, 0.717) is 29.4 Å². The predicted molar refractivity (Wildman–Crippen MR) is 103 cm³/mol. The summed E-state index contributed by atoms with van der Waals surface area (Å²) in [6.07, 6.45) is 3.80. The van der Waals surface area contributed by atoms with Crippen molar-refractivity contribution < 1.29 is 14.3 Å². The van der Waals surface area contributed by atoms with Crippen LogP contribution in [0.5, 0.6) is 11.5 Å². The van der Waals surface area contributed by atoms with Gasteiger partial charge in [0.2, 0.25) is 5.78 Å². The van der Waals surface area contributed by atoms with Crippen LogP contribution in [0, 0.1) is 0 Å². The number of Topliss-reactive ketones (excluding diaryl/α,β-unsaturated/α-hetero) is 1. The summed E-state index contributed by atoms with van der Waals surface area (Å²) in [5, 5.41) is 1.08. The summed E-state index contributed by atoms with van der Waals surface area (Å²) in [6, 6.07) is 13.4. The van der Waals surface area contributed by atoms with Crippen LogP contribution in [0.25, 0.3) is 17.0 Å². The number of hydrogen-bond acceptors (Lipinski definition) is 3. The Morgan fingerprint density at radius 3 is 2.88 bits per heavy atom. The number of carbonyl (C=O) groups is 1. The number of aromatic nitrogens is 1. The van der Waals surface area contributed by atoms with E-state index in [1.165, 1.54) is 0 Å². The number of hydrogen-bond donors (Lipinski definition) is 0. The van der Waals surface area contributed by atoms with Crippen LogP contribution in [-0.2, 0) is 7.05 Å². The highest BCUT2D eigenvalue weighted by Gasteiger charge is 2.28. The number of allylic oxidation sites excluding steroid dienone is 1. The predicted octanol–water partition coefficient (Wildman–Crippen LogP) is 4.75. The van der Waals surface area contributed by atoms with Gasteiger partial charge in [-0.3, -0.25) is 4.79 Å². The molecular formula is C22H19NO3. The average molecular weight is 345 g/mol. The summed E-state index contributed by atoms with van der Waals surface area (Å²) in [7, 11) is 1.99.